The van der Waals surface area contributed by atoms with Crippen LogP contribution in [-0.2, 0) is 0 Å². The van der Waals surface area contributed by atoms with E-state index in [1.54, 1.807) is 6.07 Å². The molecule has 0 bridgehead atoms. The Morgan fingerprint density at radius 2 is 2.13 bits per heavy atom. The molecule has 0 aromatic heterocycles. The van der Waals surface area contributed by atoms with Crippen molar-refractivity contribution in [2.24, 2.45) is 0 Å². The molecule has 15 heavy (non-hydrogen) atoms. The lowest BCUT2D eigenvalue weighted by Gasteiger charge is -2.17. The summed E-state index contributed by atoms with van der Waals surface area (Å²) < 4.78 is 0. The first-order valence-electron chi connectivity index (χ1n) is 4.27. The maximum Gasteiger partial charge on any atom is 0.150 e. The average molecular weight is 294 g/mol. The van der Waals surface area contributed by atoms with Crippen LogP contribution in [0.4, 0.5) is 0 Å². The van der Waals surface area contributed by atoms with Crippen LogP contribution in [0.15, 0.2) is 18.2 Å². The standard InChI is InChI=1S/C10H10BrClO3/c11-4-9(14)10(15)8-3-7(12)2-1-6(8)5-13/h1-3,5,9-10,14-15H,4H2. The molecular formula is C10H10BrClO3. The molecule has 0 saturated carbocycles. The summed E-state index contributed by atoms with van der Waals surface area (Å²) in [6, 6.07) is 4.54. The largest absolute Gasteiger partial charge is 0.389 e. The number of hydrogen-bond acceptors (Lipinski definition) is 3. The predicted octanol–water partition coefficient (Wildman–Crippen LogP) is 1.94. The number of aliphatic hydroxyl groups excluding tert-OH is 2. The van der Waals surface area contributed by atoms with Gasteiger partial charge in [0.25, 0.3) is 0 Å². The van der Waals surface area contributed by atoms with E-state index < -0.39 is 12.2 Å². The van der Waals surface area contributed by atoms with E-state index in [1.807, 2.05) is 0 Å². The summed E-state index contributed by atoms with van der Waals surface area (Å²) in [4.78, 5) is 10.7. The summed E-state index contributed by atoms with van der Waals surface area (Å²) in [7, 11) is 0. The van der Waals surface area contributed by atoms with E-state index in [-0.39, 0.29) is 5.33 Å². The highest BCUT2D eigenvalue weighted by Gasteiger charge is 2.20. The molecule has 0 radical (unpaired) electrons. The second-order valence-corrected chi connectivity index (χ2v) is 4.14. The van der Waals surface area contributed by atoms with Crippen LogP contribution >= 0.6 is 27.5 Å². The van der Waals surface area contributed by atoms with Crippen LogP contribution in [0.1, 0.15) is 22.0 Å². The summed E-state index contributed by atoms with van der Waals surface area (Å²) in [5, 5.41) is 19.8. The van der Waals surface area contributed by atoms with Crippen molar-refractivity contribution in [2.45, 2.75) is 12.2 Å². The number of benzene rings is 1. The minimum absolute atomic E-state index is 0.221. The van der Waals surface area contributed by atoms with Gasteiger partial charge in [0.2, 0.25) is 0 Å². The average Bonchev–Trinajstić information content (AvgIpc) is 2.27. The molecule has 0 spiro atoms. The van der Waals surface area contributed by atoms with Crippen LogP contribution in [-0.4, -0.2) is 27.9 Å². The van der Waals surface area contributed by atoms with E-state index in [0.717, 1.165) is 0 Å². The number of hydrogen-bond donors (Lipinski definition) is 2. The molecule has 0 aliphatic rings. The van der Waals surface area contributed by atoms with Crippen LogP contribution in [0, 0.1) is 0 Å². The van der Waals surface area contributed by atoms with Gasteiger partial charge in [-0.1, -0.05) is 27.5 Å². The fourth-order valence-electron chi connectivity index (χ4n) is 1.20. The maximum absolute atomic E-state index is 10.7. The predicted molar refractivity (Wildman–Crippen MR) is 61.6 cm³/mol. The lowest BCUT2D eigenvalue weighted by atomic mass is 10.00. The summed E-state index contributed by atoms with van der Waals surface area (Å²) in [6.45, 7) is 0. The van der Waals surface area contributed by atoms with E-state index in [9.17, 15) is 15.0 Å². The van der Waals surface area contributed by atoms with Crippen molar-refractivity contribution in [3.8, 4) is 0 Å². The molecule has 3 nitrogen and oxygen atoms in total. The van der Waals surface area contributed by atoms with Crippen LogP contribution in [0.25, 0.3) is 0 Å². The lowest BCUT2D eigenvalue weighted by molar-refractivity contribution is 0.0338. The quantitative estimate of drug-likeness (QED) is 0.659. The van der Waals surface area contributed by atoms with E-state index in [4.69, 9.17) is 11.6 Å². The van der Waals surface area contributed by atoms with Crippen LogP contribution < -0.4 is 0 Å². The second-order valence-electron chi connectivity index (χ2n) is 3.06. The molecule has 1 aromatic carbocycles. The van der Waals surface area contributed by atoms with Crippen LogP contribution in [0.5, 0.6) is 0 Å². The fraction of sp³-hybridized carbons (Fsp3) is 0.300. The molecule has 1 aromatic rings. The molecular weight excluding hydrogens is 283 g/mol. The molecule has 1 rings (SSSR count). The number of alkyl halides is 1. The summed E-state index contributed by atoms with van der Waals surface area (Å²) >= 11 is 8.79. The highest BCUT2D eigenvalue weighted by atomic mass is 79.9. The molecule has 0 fully saturated rings. The zero-order valence-corrected chi connectivity index (χ0v) is 10.1. The van der Waals surface area contributed by atoms with Crippen molar-refractivity contribution in [2.75, 3.05) is 5.33 Å². The first-order valence-corrected chi connectivity index (χ1v) is 5.76. The molecule has 2 unspecified atom stereocenters. The van der Waals surface area contributed by atoms with E-state index in [0.29, 0.717) is 22.4 Å². The molecule has 0 aliphatic carbocycles. The Morgan fingerprint density at radius 3 is 2.67 bits per heavy atom. The molecule has 0 heterocycles. The third-order valence-electron chi connectivity index (χ3n) is 2.02. The third-order valence-corrected chi connectivity index (χ3v) is 2.92. The van der Waals surface area contributed by atoms with Gasteiger partial charge in [-0.2, -0.15) is 0 Å². The van der Waals surface area contributed by atoms with E-state index in [1.165, 1.54) is 12.1 Å². The van der Waals surface area contributed by atoms with Crippen molar-refractivity contribution < 1.29 is 15.0 Å². The summed E-state index contributed by atoms with van der Waals surface area (Å²) in [5.74, 6) is 0. The number of carbonyl (C=O) groups is 1. The topological polar surface area (TPSA) is 57.5 Å². The monoisotopic (exact) mass is 292 g/mol. The molecule has 82 valence electrons. The Hall–Kier alpha value is -0.420. The van der Waals surface area contributed by atoms with Gasteiger partial charge in [-0.05, 0) is 23.8 Å². The lowest BCUT2D eigenvalue weighted by Crippen LogP contribution is -2.20. The van der Waals surface area contributed by atoms with Crippen molar-refractivity contribution in [1.29, 1.82) is 0 Å². The van der Waals surface area contributed by atoms with Gasteiger partial charge < -0.3 is 10.2 Å². The van der Waals surface area contributed by atoms with Crippen molar-refractivity contribution in [3.63, 3.8) is 0 Å². The Kier molecular flexibility index (Phi) is 4.73. The first kappa shape index (κ1) is 12.6. The highest BCUT2D eigenvalue weighted by Crippen LogP contribution is 2.24. The van der Waals surface area contributed by atoms with Crippen molar-refractivity contribution in [1.82, 2.24) is 0 Å². The van der Waals surface area contributed by atoms with Gasteiger partial charge in [0.15, 0.2) is 0 Å². The molecule has 5 heteroatoms. The van der Waals surface area contributed by atoms with Gasteiger partial charge in [0.05, 0.1) is 6.10 Å². The van der Waals surface area contributed by atoms with Crippen LogP contribution in [0.2, 0.25) is 5.02 Å². The normalized spacial score (nSPS) is 14.7. The second kappa shape index (κ2) is 5.61. The first-order chi connectivity index (χ1) is 7.10. The number of aliphatic hydroxyl groups is 2. The zero-order chi connectivity index (χ0) is 11.4. The zero-order valence-electron chi connectivity index (χ0n) is 7.73. The molecule has 2 N–H and O–H groups in total. The number of halogens is 2. The van der Waals surface area contributed by atoms with Gasteiger partial charge >= 0.3 is 0 Å². The van der Waals surface area contributed by atoms with Gasteiger partial charge in [-0.25, -0.2) is 0 Å². The van der Waals surface area contributed by atoms with Crippen molar-refractivity contribution >= 4 is 33.8 Å². The van der Waals surface area contributed by atoms with E-state index in [2.05, 4.69) is 15.9 Å². The SMILES string of the molecule is O=Cc1ccc(Cl)cc1C(O)C(O)CBr. The fourth-order valence-corrected chi connectivity index (χ4v) is 1.74. The molecule has 0 saturated heterocycles. The Labute approximate surface area is 101 Å². The van der Waals surface area contributed by atoms with E-state index >= 15 is 0 Å². The third kappa shape index (κ3) is 3.01. The minimum Gasteiger partial charge on any atom is -0.389 e. The molecule has 2 atom stereocenters. The van der Waals surface area contributed by atoms with Crippen LogP contribution in [0.3, 0.4) is 0 Å². The Morgan fingerprint density at radius 1 is 1.47 bits per heavy atom. The number of rotatable bonds is 4. The molecule has 0 amide bonds. The summed E-state index contributed by atoms with van der Waals surface area (Å²) in [6.07, 6.45) is -1.47. The smallest absolute Gasteiger partial charge is 0.150 e. The van der Waals surface area contributed by atoms with Gasteiger partial charge in [-0.15, -0.1) is 0 Å². The van der Waals surface area contributed by atoms with Gasteiger partial charge in [0, 0.05) is 15.9 Å². The van der Waals surface area contributed by atoms with Crippen molar-refractivity contribution in [3.05, 3.63) is 34.3 Å². The summed E-state index contributed by atoms with van der Waals surface area (Å²) in [5.41, 5.74) is 0.663. The minimum atomic E-state index is -1.12. The number of aldehydes is 1. The Balaban J connectivity index is 3.10. The maximum atomic E-state index is 10.7. The highest BCUT2D eigenvalue weighted by molar-refractivity contribution is 9.09. The Bertz CT molecular complexity index is 357. The number of carbonyl (C=O) groups excluding carboxylic acids is 1. The van der Waals surface area contributed by atoms with Gasteiger partial charge in [-0.3, -0.25) is 4.79 Å². The van der Waals surface area contributed by atoms with Gasteiger partial charge in [0.1, 0.15) is 12.4 Å². The molecule has 0 aliphatic heterocycles.